The number of benzene rings is 1. The minimum absolute atomic E-state index is 0.244. The number of nitrogens with zero attached hydrogens (tertiary/aromatic N) is 3. The van der Waals surface area contributed by atoms with Gasteiger partial charge in [-0.1, -0.05) is 11.2 Å². The molecule has 0 amide bonds. The highest BCUT2D eigenvalue weighted by Crippen LogP contribution is 2.20. The molecule has 0 aliphatic heterocycles. The van der Waals surface area contributed by atoms with Crippen molar-refractivity contribution in [3.05, 3.63) is 52.3 Å². The van der Waals surface area contributed by atoms with E-state index >= 15 is 0 Å². The van der Waals surface area contributed by atoms with Gasteiger partial charge in [0.2, 0.25) is 11.7 Å². The molecule has 0 saturated heterocycles. The quantitative estimate of drug-likeness (QED) is 0.690. The maximum Gasteiger partial charge on any atom is 0.241 e. The molecule has 2 heterocycles. The third kappa shape index (κ3) is 3.75. The Bertz CT molecular complexity index is 773. The van der Waals surface area contributed by atoms with E-state index < -0.39 is 0 Å². The number of hydrogen-bond donors (Lipinski definition) is 0. The average molecular weight is 333 g/mol. The van der Waals surface area contributed by atoms with Crippen LogP contribution in [-0.4, -0.2) is 29.2 Å². The highest BCUT2D eigenvalue weighted by atomic mass is 32.1. The summed E-state index contributed by atoms with van der Waals surface area (Å²) in [5.41, 5.74) is 1.80. The molecular formula is C16H16FN3O2S. The van der Waals surface area contributed by atoms with E-state index in [9.17, 15) is 4.39 Å². The monoisotopic (exact) mass is 333 g/mol. The van der Waals surface area contributed by atoms with Crippen LogP contribution in [0, 0.1) is 5.82 Å². The van der Waals surface area contributed by atoms with Gasteiger partial charge in [-0.3, -0.25) is 4.90 Å². The van der Waals surface area contributed by atoms with Gasteiger partial charge in [-0.15, -0.1) is 0 Å². The van der Waals surface area contributed by atoms with Gasteiger partial charge in [-0.05, 0) is 36.2 Å². The summed E-state index contributed by atoms with van der Waals surface area (Å²) in [6.07, 6.45) is 0. The summed E-state index contributed by atoms with van der Waals surface area (Å²) < 4.78 is 23.9. The molecule has 0 atom stereocenters. The highest BCUT2D eigenvalue weighted by molar-refractivity contribution is 7.08. The van der Waals surface area contributed by atoms with E-state index in [1.165, 1.54) is 13.2 Å². The molecule has 0 spiro atoms. The third-order valence-electron chi connectivity index (χ3n) is 3.32. The van der Waals surface area contributed by atoms with Crippen LogP contribution in [0.1, 0.15) is 11.5 Å². The summed E-state index contributed by atoms with van der Waals surface area (Å²) in [6.45, 7) is 1.06. The van der Waals surface area contributed by atoms with E-state index in [0.29, 0.717) is 24.8 Å². The van der Waals surface area contributed by atoms with Gasteiger partial charge in [0.05, 0.1) is 13.7 Å². The normalized spacial score (nSPS) is 11.1. The van der Waals surface area contributed by atoms with E-state index in [0.717, 1.165) is 11.1 Å². The number of methoxy groups -OCH3 is 1. The standard InChI is InChI=1S/C16H16FN3O2S/c1-20(8-11-3-4-14(21-2)13(17)7-11)9-15-18-16(19-22-15)12-5-6-23-10-12/h3-7,10H,8-9H2,1-2H3. The molecular weight excluding hydrogens is 317 g/mol. The Morgan fingerprint density at radius 3 is 2.87 bits per heavy atom. The molecule has 0 radical (unpaired) electrons. The van der Waals surface area contributed by atoms with Crippen molar-refractivity contribution >= 4 is 11.3 Å². The summed E-state index contributed by atoms with van der Waals surface area (Å²) in [4.78, 5) is 6.35. The fourth-order valence-electron chi connectivity index (χ4n) is 2.23. The second-order valence-corrected chi connectivity index (χ2v) is 5.94. The van der Waals surface area contributed by atoms with Gasteiger partial charge in [0.15, 0.2) is 11.6 Å². The van der Waals surface area contributed by atoms with Crippen LogP contribution < -0.4 is 4.74 Å². The van der Waals surface area contributed by atoms with Crippen molar-refractivity contribution in [1.82, 2.24) is 15.0 Å². The molecule has 0 saturated carbocycles. The zero-order chi connectivity index (χ0) is 16.2. The number of hydrogen-bond acceptors (Lipinski definition) is 6. The lowest BCUT2D eigenvalue weighted by Gasteiger charge is -2.14. The lowest BCUT2D eigenvalue weighted by Crippen LogP contribution is -2.17. The Hall–Kier alpha value is -2.25. The maximum atomic E-state index is 13.7. The number of ether oxygens (including phenoxy) is 1. The lowest BCUT2D eigenvalue weighted by molar-refractivity contribution is 0.260. The van der Waals surface area contributed by atoms with Crippen molar-refractivity contribution in [1.29, 1.82) is 0 Å². The molecule has 5 nitrogen and oxygen atoms in total. The van der Waals surface area contributed by atoms with Crippen LogP contribution in [-0.2, 0) is 13.1 Å². The molecule has 0 unspecified atom stereocenters. The molecule has 1 aromatic carbocycles. The fraction of sp³-hybridized carbons (Fsp3) is 0.250. The van der Waals surface area contributed by atoms with Crippen molar-refractivity contribution in [2.24, 2.45) is 0 Å². The molecule has 0 aliphatic carbocycles. The largest absolute Gasteiger partial charge is 0.494 e. The molecule has 0 bridgehead atoms. The van der Waals surface area contributed by atoms with Crippen LogP contribution in [0.15, 0.2) is 39.5 Å². The van der Waals surface area contributed by atoms with Crippen LogP contribution in [0.25, 0.3) is 11.4 Å². The first kappa shape index (κ1) is 15.6. The first-order valence-corrected chi connectivity index (χ1v) is 7.96. The minimum atomic E-state index is -0.365. The molecule has 7 heteroatoms. The van der Waals surface area contributed by atoms with Crippen molar-refractivity contribution in [2.45, 2.75) is 13.1 Å². The molecule has 0 N–H and O–H groups in total. The Labute approximate surface area is 137 Å². The molecule has 2 aromatic heterocycles. The van der Waals surface area contributed by atoms with Crippen LogP contribution in [0.2, 0.25) is 0 Å². The van der Waals surface area contributed by atoms with Gasteiger partial charge in [-0.25, -0.2) is 4.39 Å². The zero-order valence-electron chi connectivity index (χ0n) is 12.8. The molecule has 120 valence electrons. The van der Waals surface area contributed by atoms with Crippen molar-refractivity contribution in [3.63, 3.8) is 0 Å². The van der Waals surface area contributed by atoms with Crippen molar-refractivity contribution in [3.8, 4) is 17.1 Å². The lowest BCUT2D eigenvalue weighted by atomic mass is 10.2. The first-order valence-electron chi connectivity index (χ1n) is 7.02. The molecule has 0 aliphatic rings. The summed E-state index contributed by atoms with van der Waals surface area (Å²) in [5.74, 6) is 0.998. The van der Waals surface area contributed by atoms with Gasteiger partial charge in [0.1, 0.15) is 0 Å². The van der Waals surface area contributed by atoms with Gasteiger partial charge < -0.3 is 9.26 Å². The van der Waals surface area contributed by atoms with Crippen LogP contribution >= 0.6 is 11.3 Å². The second kappa shape index (κ2) is 6.89. The Balaban J connectivity index is 1.63. The topological polar surface area (TPSA) is 51.4 Å². The van der Waals surface area contributed by atoms with E-state index in [1.807, 2.05) is 34.8 Å². The number of halogens is 1. The number of aromatic nitrogens is 2. The summed E-state index contributed by atoms with van der Waals surface area (Å²) in [7, 11) is 3.36. The highest BCUT2D eigenvalue weighted by Gasteiger charge is 2.12. The number of rotatable bonds is 6. The second-order valence-electron chi connectivity index (χ2n) is 5.16. The number of thiophene rings is 1. The zero-order valence-corrected chi connectivity index (χ0v) is 13.6. The van der Waals surface area contributed by atoms with Crippen LogP contribution in [0.4, 0.5) is 4.39 Å². The predicted molar refractivity (Wildman–Crippen MR) is 85.7 cm³/mol. The van der Waals surface area contributed by atoms with Gasteiger partial charge in [0, 0.05) is 17.5 Å². The molecule has 3 rings (SSSR count). The minimum Gasteiger partial charge on any atom is -0.494 e. The van der Waals surface area contributed by atoms with Gasteiger partial charge in [0.25, 0.3) is 0 Å². The van der Waals surface area contributed by atoms with Gasteiger partial charge >= 0.3 is 0 Å². The van der Waals surface area contributed by atoms with E-state index in [1.54, 1.807) is 17.4 Å². The summed E-state index contributed by atoms with van der Waals surface area (Å²) in [5, 5.41) is 7.91. The SMILES string of the molecule is COc1ccc(CN(C)Cc2nc(-c3ccsc3)no2)cc1F. The van der Waals surface area contributed by atoms with Crippen molar-refractivity contribution < 1.29 is 13.7 Å². The Kier molecular flexibility index (Phi) is 4.68. The summed E-state index contributed by atoms with van der Waals surface area (Å²) in [6, 6.07) is 6.88. The molecule has 3 aromatic rings. The van der Waals surface area contributed by atoms with Crippen molar-refractivity contribution in [2.75, 3.05) is 14.2 Å². The predicted octanol–water partition coefficient (Wildman–Crippen LogP) is 3.58. The fourth-order valence-corrected chi connectivity index (χ4v) is 2.87. The summed E-state index contributed by atoms with van der Waals surface area (Å²) >= 11 is 1.59. The van der Waals surface area contributed by atoms with E-state index in [2.05, 4.69) is 10.1 Å². The van der Waals surface area contributed by atoms with Crippen LogP contribution in [0.5, 0.6) is 5.75 Å². The maximum absolute atomic E-state index is 13.7. The smallest absolute Gasteiger partial charge is 0.241 e. The Morgan fingerprint density at radius 2 is 2.17 bits per heavy atom. The van der Waals surface area contributed by atoms with Crippen LogP contribution in [0.3, 0.4) is 0 Å². The first-order chi connectivity index (χ1) is 11.2. The third-order valence-corrected chi connectivity index (χ3v) is 4.00. The average Bonchev–Trinajstić information content (AvgIpc) is 3.18. The van der Waals surface area contributed by atoms with E-state index in [4.69, 9.17) is 9.26 Å². The van der Waals surface area contributed by atoms with E-state index in [-0.39, 0.29) is 11.6 Å². The Morgan fingerprint density at radius 1 is 1.30 bits per heavy atom. The molecule has 0 fully saturated rings. The van der Waals surface area contributed by atoms with Gasteiger partial charge in [-0.2, -0.15) is 16.3 Å². The molecule has 23 heavy (non-hydrogen) atoms.